The average Bonchev–Trinajstić information content (AvgIpc) is 2.28. The number of benzene rings is 1. The Bertz CT molecular complexity index is 492. The molecule has 98 valence electrons. The topological polar surface area (TPSA) is 66.4 Å². The fourth-order valence-electron chi connectivity index (χ4n) is 1.28. The molecule has 0 radical (unpaired) electrons. The van der Waals surface area contributed by atoms with Gasteiger partial charge in [0.2, 0.25) is 0 Å². The van der Waals surface area contributed by atoms with Crippen LogP contribution in [0.1, 0.15) is 30.6 Å². The van der Waals surface area contributed by atoms with Gasteiger partial charge >= 0.3 is 5.97 Å². The minimum Gasteiger partial charge on any atom is -0.480 e. The summed E-state index contributed by atoms with van der Waals surface area (Å²) >= 11 is 3.07. The lowest BCUT2D eigenvalue weighted by atomic mass is 9.98. The van der Waals surface area contributed by atoms with Crippen molar-refractivity contribution in [1.29, 1.82) is 0 Å². The summed E-state index contributed by atoms with van der Waals surface area (Å²) in [5.74, 6) is -2.15. The molecule has 1 amide bonds. The number of carboxylic acid groups (broad SMARTS) is 1. The van der Waals surface area contributed by atoms with Gasteiger partial charge in [-0.05, 0) is 47.5 Å². The summed E-state index contributed by atoms with van der Waals surface area (Å²) in [7, 11) is 0. The molecular formula is C12H13BrFNO3. The van der Waals surface area contributed by atoms with Gasteiger partial charge in [0.1, 0.15) is 11.4 Å². The molecule has 1 unspecified atom stereocenters. The number of nitrogens with one attached hydrogen (secondary N) is 1. The molecule has 0 heterocycles. The maximum atomic E-state index is 12.9. The number of aliphatic carboxylic acids is 1. The van der Waals surface area contributed by atoms with Gasteiger partial charge in [-0.2, -0.15) is 0 Å². The maximum Gasteiger partial charge on any atom is 0.329 e. The number of hydrogen-bond donors (Lipinski definition) is 2. The van der Waals surface area contributed by atoms with Gasteiger partial charge in [0.05, 0.1) is 5.56 Å². The summed E-state index contributed by atoms with van der Waals surface area (Å²) in [5.41, 5.74) is -1.15. The summed E-state index contributed by atoms with van der Waals surface area (Å²) < 4.78 is 13.2. The fraction of sp³-hybridized carbons (Fsp3) is 0.333. The molecular weight excluding hydrogens is 305 g/mol. The molecule has 0 aliphatic carbocycles. The Morgan fingerprint density at radius 1 is 1.50 bits per heavy atom. The first-order chi connectivity index (χ1) is 8.30. The van der Waals surface area contributed by atoms with Gasteiger partial charge in [0.15, 0.2) is 0 Å². The highest BCUT2D eigenvalue weighted by atomic mass is 79.9. The lowest BCUT2D eigenvalue weighted by molar-refractivity contribution is -0.143. The number of carbonyl (C=O) groups excluding carboxylic acids is 1. The van der Waals surface area contributed by atoms with Gasteiger partial charge in [0.25, 0.3) is 5.91 Å². The van der Waals surface area contributed by atoms with Crippen molar-refractivity contribution in [2.24, 2.45) is 0 Å². The number of carbonyl (C=O) groups is 2. The van der Waals surface area contributed by atoms with Crippen LogP contribution in [0.5, 0.6) is 0 Å². The number of carboxylic acids is 1. The van der Waals surface area contributed by atoms with Gasteiger partial charge in [-0.1, -0.05) is 6.92 Å². The van der Waals surface area contributed by atoms with E-state index < -0.39 is 23.2 Å². The summed E-state index contributed by atoms with van der Waals surface area (Å²) in [6, 6.07) is 3.59. The second kappa shape index (κ2) is 5.48. The van der Waals surface area contributed by atoms with E-state index in [0.29, 0.717) is 0 Å². The van der Waals surface area contributed by atoms with E-state index in [1.807, 2.05) is 0 Å². The molecule has 1 rings (SSSR count). The predicted octanol–water partition coefficient (Wildman–Crippen LogP) is 2.57. The van der Waals surface area contributed by atoms with Crippen LogP contribution in [-0.4, -0.2) is 22.5 Å². The van der Waals surface area contributed by atoms with Crippen LogP contribution in [0.4, 0.5) is 4.39 Å². The quantitative estimate of drug-likeness (QED) is 0.897. The molecule has 0 fully saturated rings. The lowest BCUT2D eigenvalue weighted by Gasteiger charge is -2.24. The average molecular weight is 318 g/mol. The first-order valence-corrected chi connectivity index (χ1v) is 6.10. The number of halogens is 2. The first-order valence-electron chi connectivity index (χ1n) is 5.31. The highest BCUT2D eigenvalue weighted by Crippen LogP contribution is 2.19. The van der Waals surface area contributed by atoms with E-state index in [9.17, 15) is 14.0 Å². The third-order valence-electron chi connectivity index (χ3n) is 2.74. The molecule has 0 saturated carbocycles. The maximum absolute atomic E-state index is 12.9. The third kappa shape index (κ3) is 3.07. The van der Waals surface area contributed by atoms with Crippen molar-refractivity contribution in [3.05, 3.63) is 34.1 Å². The van der Waals surface area contributed by atoms with E-state index in [4.69, 9.17) is 5.11 Å². The standard InChI is InChI=1S/C12H13BrFNO3/c1-3-12(2,11(17)18)15-10(16)8-5-4-7(14)6-9(8)13/h4-6H,3H2,1-2H3,(H,15,16)(H,17,18). The Morgan fingerprint density at radius 2 is 2.11 bits per heavy atom. The van der Waals surface area contributed by atoms with Gasteiger partial charge in [-0.3, -0.25) is 4.79 Å². The normalized spacial score (nSPS) is 13.8. The third-order valence-corrected chi connectivity index (χ3v) is 3.40. The molecule has 0 aliphatic heterocycles. The van der Waals surface area contributed by atoms with E-state index >= 15 is 0 Å². The Kier molecular flexibility index (Phi) is 4.45. The molecule has 6 heteroatoms. The lowest BCUT2D eigenvalue weighted by Crippen LogP contribution is -2.51. The minimum atomic E-state index is -1.34. The molecule has 0 aliphatic rings. The van der Waals surface area contributed by atoms with Gasteiger partial charge < -0.3 is 10.4 Å². The van der Waals surface area contributed by atoms with Crippen molar-refractivity contribution in [1.82, 2.24) is 5.32 Å². The van der Waals surface area contributed by atoms with Crippen molar-refractivity contribution < 1.29 is 19.1 Å². The molecule has 0 aromatic heterocycles. The zero-order chi connectivity index (χ0) is 13.9. The molecule has 1 aromatic carbocycles. The summed E-state index contributed by atoms with van der Waals surface area (Å²) in [4.78, 5) is 23.0. The van der Waals surface area contributed by atoms with Crippen LogP contribution in [0.15, 0.2) is 22.7 Å². The Labute approximate surface area is 112 Å². The highest BCUT2D eigenvalue weighted by Gasteiger charge is 2.33. The highest BCUT2D eigenvalue weighted by molar-refractivity contribution is 9.10. The van der Waals surface area contributed by atoms with Crippen LogP contribution in [0.2, 0.25) is 0 Å². The van der Waals surface area contributed by atoms with Crippen molar-refractivity contribution in [3.63, 3.8) is 0 Å². The van der Waals surface area contributed by atoms with Crippen molar-refractivity contribution in [3.8, 4) is 0 Å². The Balaban J connectivity index is 2.98. The van der Waals surface area contributed by atoms with Gasteiger partial charge in [0, 0.05) is 4.47 Å². The van der Waals surface area contributed by atoms with Crippen LogP contribution >= 0.6 is 15.9 Å². The van der Waals surface area contributed by atoms with Crippen LogP contribution in [-0.2, 0) is 4.79 Å². The molecule has 4 nitrogen and oxygen atoms in total. The predicted molar refractivity (Wildman–Crippen MR) is 67.9 cm³/mol. The van der Waals surface area contributed by atoms with Crippen molar-refractivity contribution >= 4 is 27.8 Å². The second-order valence-corrected chi connectivity index (χ2v) is 4.92. The van der Waals surface area contributed by atoms with Crippen LogP contribution in [0.3, 0.4) is 0 Å². The smallest absolute Gasteiger partial charge is 0.329 e. The molecule has 0 saturated heterocycles. The van der Waals surface area contributed by atoms with Crippen molar-refractivity contribution in [2.75, 3.05) is 0 Å². The molecule has 2 N–H and O–H groups in total. The van der Waals surface area contributed by atoms with E-state index in [2.05, 4.69) is 21.2 Å². The van der Waals surface area contributed by atoms with Gasteiger partial charge in [-0.15, -0.1) is 0 Å². The summed E-state index contributed by atoms with van der Waals surface area (Å²) in [6.45, 7) is 3.08. The molecule has 0 spiro atoms. The van der Waals surface area contributed by atoms with Crippen LogP contribution in [0, 0.1) is 5.82 Å². The second-order valence-electron chi connectivity index (χ2n) is 4.07. The zero-order valence-electron chi connectivity index (χ0n) is 9.96. The zero-order valence-corrected chi connectivity index (χ0v) is 11.5. The van der Waals surface area contributed by atoms with E-state index in [1.54, 1.807) is 6.92 Å². The minimum absolute atomic E-state index is 0.192. The number of amides is 1. The van der Waals surface area contributed by atoms with Crippen LogP contribution in [0.25, 0.3) is 0 Å². The Hall–Kier alpha value is -1.43. The molecule has 1 atom stereocenters. The molecule has 1 aromatic rings. The Morgan fingerprint density at radius 3 is 2.56 bits per heavy atom. The molecule has 18 heavy (non-hydrogen) atoms. The SMILES string of the molecule is CCC(C)(NC(=O)c1ccc(F)cc1Br)C(=O)O. The molecule has 0 bridgehead atoms. The summed E-state index contributed by atoms with van der Waals surface area (Å²) in [6.07, 6.45) is 0.243. The van der Waals surface area contributed by atoms with E-state index in [0.717, 1.165) is 12.1 Å². The van der Waals surface area contributed by atoms with Crippen molar-refractivity contribution in [2.45, 2.75) is 25.8 Å². The number of hydrogen-bond acceptors (Lipinski definition) is 2. The van der Waals surface area contributed by atoms with E-state index in [-0.39, 0.29) is 16.5 Å². The fourth-order valence-corrected chi connectivity index (χ4v) is 1.82. The largest absolute Gasteiger partial charge is 0.480 e. The first kappa shape index (κ1) is 14.6. The van der Waals surface area contributed by atoms with Gasteiger partial charge in [-0.25, -0.2) is 9.18 Å². The number of rotatable bonds is 4. The van der Waals surface area contributed by atoms with E-state index in [1.165, 1.54) is 13.0 Å². The monoisotopic (exact) mass is 317 g/mol. The van der Waals surface area contributed by atoms with Crippen LogP contribution < -0.4 is 5.32 Å². The summed E-state index contributed by atoms with van der Waals surface area (Å²) in [5, 5.41) is 11.5.